The molecule has 0 aliphatic heterocycles. The summed E-state index contributed by atoms with van der Waals surface area (Å²) in [5.74, 6) is -0.00992. The standard InChI is InChI=1S/C21H18FN3O2S/c1-13(20-23-9-10-28-20)25(2)21(26)15-7-8-17-18(11-15)27-19(24-17)12-14-5-3-4-6-16(14)22/h3-11,13H,12H2,1-2H3/t13-/m0/s1. The van der Waals surface area contributed by atoms with Crippen molar-refractivity contribution >= 4 is 28.3 Å². The molecule has 4 rings (SSSR count). The van der Waals surface area contributed by atoms with Gasteiger partial charge in [0.25, 0.3) is 5.91 Å². The van der Waals surface area contributed by atoms with Crippen LogP contribution in [-0.4, -0.2) is 27.8 Å². The highest BCUT2D eigenvalue weighted by molar-refractivity contribution is 7.09. The van der Waals surface area contributed by atoms with Crippen LogP contribution < -0.4 is 0 Å². The highest BCUT2D eigenvalue weighted by Crippen LogP contribution is 2.25. The minimum Gasteiger partial charge on any atom is -0.440 e. The molecule has 0 aliphatic rings. The Kier molecular flexibility index (Phi) is 4.92. The molecule has 5 nitrogen and oxygen atoms in total. The minimum atomic E-state index is -0.293. The van der Waals surface area contributed by atoms with Gasteiger partial charge in [0, 0.05) is 24.2 Å². The second-order valence-corrected chi connectivity index (χ2v) is 7.45. The third-order valence-corrected chi connectivity index (χ3v) is 5.64. The molecule has 0 fully saturated rings. The third-order valence-electron chi connectivity index (χ3n) is 4.69. The lowest BCUT2D eigenvalue weighted by molar-refractivity contribution is 0.0742. The summed E-state index contributed by atoms with van der Waals surface area (Å²) < 4.78 is 19.6. The van der Waals surface area contributed by atoms with Gasteiger partial charge in [-0.15, -0.1) is 11.3 Å². The van der Waals surface area contributed by atoms with E-state index >= 15 is 0 Å². The number of benzene rings is 2. The zero-order chi connectivity index (χ0) is 19.7. The van der Waals surface area contributed by atoms with Crippen molar-refractivity contribution in [3.05, 3.63) is 81.9 Å². The summed E-state index contributed by atoms with van der Waals surface area (Å²) in [7, 11) is 1.75. The van der Waals surface area contributed by atoms with Crippen LogP contribution in [0.3, 0.4) is 0 Å². The minimum absolute atomic E-state index is 0.128. The van der Waals surface area contributed by atoms with Gasteiger partial charge in [-0.1, -0.05) is 18.2 Å². The number of fused-ring (bicyclic) bond motifs is 1. The van der Waals surface area contributed by atoms with Gasteiger partial charge in [-0.3, -0.25) is 4.79 Å². The number of hydrogen-bond donors (Lipinski definition) is 0. The van der Waals surface area contributed by atoms with Crippen LogP contribution in [0.25, 0.3) is 11.1 Å². The first-order valence-corrected chi connectivity index (χ1v) is 9.70. The second-order valence-electron chi connectivity index (χ2n) is 6.52. The predicted molar refractivity (Wildman–Crippen MR) is 106 cm³/mol. The first kappa shape index (κ1) is 18.3. The fourth-order valence-corrected chi connectivity index (χ4v) is 3.71. The highest BCUT2D eigenvalue weighted by atomic mass is 32.1. The molecule has 0 saturated carbocycles. The Labute approximate surface area is 165 Å². The van der Waals surface area contributed by atoms with Gasteiger partial charge >= 0.3 is 0 Å². The Morgan fingerprint density at radius 3 is 2.86 bits per heavy atom. The number of aromatic nitrogens is 2. The third kappa shape index (κ3) is 3.53. The van der Waals surface area contributed by atoms with E-state index in [-0.39, 0.29) is 24.2 Å². The number of thiazole rings is 1. The highest BCUT2D eigenvalue weighted by Gasteiger charge is 2.21. The molecule has 0 spiro atoms. The zero-order valence-electron chi connectivity index (χ0n) is 15.4. The molecule has 0 unspecified atom stereocenters. The van der Waals surface area contributed by atoms with Crippen molar-refractivity contribution in [3.63, 3.8) is 0 Å². The maximum atomic E-state index is 13.9. The largest absolute Gasteiger partial charge is 0.440 e. The van der Waals surface area contributed by atoms with Crippen molar-refractivity contribution in [2.45, 2.75) is 19.4 Å². The monoisotopic (exact) mass is 395 g/mol. The van der Waals surface area contributed by atoms with Crippen LogP contribution in [0.5, 0.6) is 0 Å². The molecule has 0 radical (unpaired) electrons. The summed E-state index contributed by atoms with van der Waals surface area (Å²) in [5.41, 5.74) is 2.17. The molecule has 28 heavy (non-hydrogen) atoms. The Morgan fingerprint density at radius 1 is 1.29 bits per heavy atom. The number of hydrogen-bond acceptors (Lipinski definition) is 5. The van der Waals surface area contributed by atoms with Gasteiger partial charge in [0.05, 0.1) is 12.5 Å². The van der Waals surface area contributed by atoms with Gasteiger partial charge in [0.2, 0.25) is 0 Å². The van der Waals surface area contributed by atoms with Crippen molar-refractivity contribution < 1.29 is 13.6 Å². The molecule has 2 aromatic heterocycles. The van der Waals surface area contributed by atoms with Crippen LogP contribution in [0, 0.1) is 5.82 Å². The number of carbonyl (C=O) groups excluding carboxylic acids is 1. The maximum absolute atomic E-state index is 13.9. The summed E-state index contributed by atoms with van der Waals surface area (Å²) in [6.45, 7) is 1.94. The molecule has 1 atom stereocenters. The van der Waals surface area contributed by atoms with Gasteiger partial charge in [0.1, 0.15) is 16.3 Å². The predicted octanol–water partition coefficient (Wildman–Crippen LogP) is 4.85. The zero-order valence-corrected chi connectivity index (χ0v) is 16.2. The Hall–Kier alpha value is -3.06. The second kappa shape index (κ2) is 7.52. The van der Waals surface area contributed by atoms with Crippen molar-refractivity contribution in [2.75, 3.05) is 7.05 Å². The van der Waals surface area contributed by atoms with E-state index in [1.54, 1.807) is 54.5 Å². The number of amides is 1. The lowest BCUT2D eigenvalue weighted by Gasteiger charge is -2.23. The number of nitrogens with zero attached hydrogens (tertiary/aromatic N) is 3. The van der Waals surface area contributed by atoms with Gasteiger partial charge in [-0.2, -0.15) is 0 Å². The average molecular weight is 395 g/mol. The lowest BCUT2D eigenvalue weighted by atomic mass is 10.1. The van der Waals surface area contributed by atoms with Gasteiger partial charge < -0.3 is 9.32 Å². The molecule has 7 heteroatoms. The molecule has 2 aromatic carbocycles. The number of rotatable bonds is 5. The fraction of sp³-hybridized carbons (Fsp3) is 0.190. The number of carbonyl (C=O) groups is 1. The molecule has 0 bridgehead atoms. The van der Waals surface area contributed by atoms with E-state index in [2.05, 4.69) is 9.97 Å². The molecule has 0 N–H and O–H groups in total. The van der Waals surface area contributed by atoms with Gasteiger partial charge in [0.15, 0.2) is 11.5 Å². The number of halogens is 1. The van der Waals surface area contributed by atoms with E-state index in [1.165, 1.54) is 17.4 Å². The summed E-state index contributed by atoms with van der Waals surface area (Å²) in [5, 5.41) is 2.77. The maximum Gasteiger partial charge on any atom is 0.254 e. The Morgan fingerprint density at radius 2 is 2.11 bits per heavy atom. The summed E-state index contributed by atoms with van der Waals surface area (Å²) in [6.07, 6.45) is 1.98. The lowest BCUT2D eigenvalue weighted by Crippen LogP contribution is -2.29. The molecule has 142 valence electrons. The van der Waals surface area contributed by atoms with Crippen LogP contribution in [0.15, 0.2) is 58.5 Å². The van der Waals surface area contributed by atoms with Crippen molar-refractivity contribution in [1.29, 1.82) is 0 Å². The van der Waals surface area contributed by atoms with Crippen LogP contribution >= 0.6 is 11.3 Å². The fourth-order valence-electron chi connectivity index (χ4n) is 2.97. The quantitative estimate of drug-likeness (QED) is 0.485. The molecule has 2 heterocycles. The molecule has 0 aliphatic carbocycles. The topological polar surface area (TPSA) is 59.2 Å². The molecule has 4 aromatic rings. The van der Waals surface area contributed by atoms with Crippen LogP contribution in [-0.2, 0) is 6.42 Å². The van der Waals surface area contributed by atoms with Gasteiger partial charge in [-0.05, 0) is 36.8 Å². The van der Waals surface area contributed by atoms with E-state index in [0.29, 0.717) is 28.1 Å². The molecular weight excluding hydrogens is 377 g/mol. The SMILES string of the molecule is C[C@@H](c1nccs1)N(C)C(=O)c1ccc2nc(Cc3ccccc3F)oc2c1. The first-order chi connectivity index (χ1) is 13.5. The summed E-state index contributed by atoms with van der Waals surface area (Å²) >= 11 is 1.52. The van der Waals surface area contributed by atoms with E-state index in [1.807, 2.05) is 12.3 Å². The van der Waals surface area contributed by atoms with Crippen molar-refractivity contribution in [3.8, 4) is 0 Å². The van der Waals surface area contributed by atoms with Crippen LogP contribution in [0.2, 0.25) is 0 Å². The molecule has 1 amide bonds. The van der Waals surface area contributed by atoms with Crippen LogP contribution in [0.4, 0.5) is 4.39 Å². The van der Waals surface area contributed by atoms with E-state index in [4.69, 9.17) is 4.42 Å². The summed E-state index contributed by atoms with van der Waals surface area (Å²) in [6, 6.07) is 11.6. The van der Waals surface area contributed by atoms with Crippen LogP contribution in [0.1, 0.15) is 39.8 Å². The molecular formula is C21H18FN3O2S. The Balaban J connectivity index is 1.57. The van der Waals surface area contributed by atoms with E-state index < -0.39 is 0 Å². The average Bonchev–Trinajstić information content (AvgIpc) is 3.37. The normalized spacial score (nSPS) is 12.2. The Bertz CT molecular complexity index is 1120. The van der Waals surface area contributed by atoms with E-state index in [0.717, 1.165) is 5.01 Å². The van der Waals surface area contributed by atoms with Gasteiger partial charge in [-0.25, -0.2) is 14.4 Å². The smallest absolute Gasteiger partial charge is 0.254 e. The number of oxazole rings is 1. The van der Waals surface area contributed by atoms with Crippen molar-refractivity contribution in [2.24, 2.45) is 0 Å². The van der Waals surface area contributed by atoms with Crippen molar-refractivity contribution in [1.82, 2.24) is 14.9 Å². The summed E-state index contributed by atoms with van der Waals surface area (Å²) in [4.78, 5) is 23.2. The molecule has 0 saturated heterocycles. The van der Waals surface area contributed by atoms with E-state index in [9.17, 15) is 9.18 Å². The first-order valence-electron chi connectivity index (χ1n) is 8.82.